The number of nitrogens with zero attached hydrogens (tertiary/aromatic N) is 4. The molecule has 1 amide bonds. The van der Waals surface area contributed by atoms with Gasteiger partial charge in [-0.25, -0.2) is 4.98 Å². The quantitative estimate of drug-likeness (QED) is 0.297. The number of fused-ring (bicyclic) bond motifs is 3. The summed E-state index contributed by atoms with van der Waals surface area (Å²) < 4.78 is 2.50. The Balaban J connectivity index is 1.07. The van der Waals surface area contributed by atoms with E-state index < -0.39 is 0 Å². The van der Waals surface area contributed by atoms with Crippen LogP contribution in [0.5, 0.6) is 0 Å². The van der Waals surface area contributed by atoms with Crippen LogP contribution in [-0.2, 0) is 5.41 Å². The van der Waals surface area contributed by atoms with Crippen molar-refractivity contribution in [3.8, 4) is 0 Å². The van der Waals surface area contributed by atoms with Crippen LogP contribution in [0.4, 0.5) is 0 Å². The lowest BCUT2D eigenvalue weighted by Crippen LogP contribution is -2.49. The number of aromatic nitrogens is 3. The summed E-state index contributed by atoms with van der Waals surface area (Å²) in [5.41, 5.74) is 3.46. The number of hydrogen-bond acceptors (Lipinski definition) is 4. The average molecular weight is 584 g/mol. The molecule has 2 aromatic heterocycles. The second-order valence-corrected chi connectivity index (χ2v) is 13.0. The van der Waals surface area contributed by atoms with Crippen LogP contribution in [0.2, 0.25) is 5.02 Å². The van der Waals surface area contributed by atoms with E-state index in [1.165, 1.54) is 49.0 Å². The summed E-state index contributed by atoms with van der Waals surface area (Å²) in [6.45, 7) is 4.48. The molecule has 42 heavy (non-hydrogen) atoms. The molecule has 3 aliphatic rings. The largest absolute Gasteiger partial charge is 0.338 e. The zero-order valence-electron chi connectivity index (χ0n) is 24.1. The highest BCUT2D eigenvalue weighted by Gasteiger charge is 2.44. The first-order valence-electron chi connectivity index (χ1n) is 15.3. The van der Waals surface area contributed by atoms with E-state index in [4.69, 9.17) is 16.6 Å². The van der Waals surface area contributed by atoms with E-state index in [0.29, 0.717) is 36.2 Å². The molecule has 0 aliphatic carbocycles. The van der Waals surface area contributed by atoms with E-state index in [2.05, 4.69) is 76.0 Å². The number of hydrogen-bond donors (Lipinski definition) is 1. The molecule has 0 spiro atoms. The van der Waals surface area contributed by atoms with Crippen molar-refractivity contribution in [3.05, 3.63) is 99.2 Å². The predicted octanol–water partition coefficient (Wildman–Crippen LogP) is 6.12. The smallest absolute Gasteiger partial charge is 0.260 e. The number of aryl methyl sites for hydroxylation is 1. The standard InChI is InChI=1S/C34H38ClN5O2/c1-23-37-30-9-5-6-10-31(30)40(23)28-20-26-11-12-27(21-28)39(26)18-15-34(24-7-3-2-4-8-24)13-16-38(17-14-34)33(42)29-19-25(35)22-36-32(29)41/h2-10,19,22,26-28H,11-18,20-21H2,1H3,(H,36,41)/t26-,27+,28?. The number of carbonyl (C=O) groups is 1. The first kappa shape index (κ1) is 27.4. The highest BCUT2D eigenvalue weighted by molar-refractivity contribution is 6.30. The average Bonchev–Trinajstić information content (AvgIpc) is 3.48. The van der Waals surface area contributed by atoms with Gasteiger partial charge in [-0.05, 0) is 87.6 Å². The Hall–Kier alpha value is -3.42. The fraction of sp³-hybridized carbons (Fsp3) is 0.441. The minimum atomic E-state index is -0.387. The van der Waals surface area contributed by atoms with Gasteiger partial charge in [0.2, 0.25) is 0 Å². The van der Waals surface area contributed by atoms with Gasteiger partial charge in [0.25, 0.3) is 11.5 Å². The Kier molecular flexibility index (Phi) is 7.19. The molecule has 7 rings (SSSR count). The van der Waals surface area contributed by atoms with Gasteiger partial charge in [0.1, 0.15) is 11.4 Å². The number of amides is 1. The number of rotatable bonds is 6. The number of benzene rings is 2. The van der Waals surface area contributed by atoms with Gasteiger partial charge < -0.3 is 14.5 Å². The van der Waals surface area contributed by atoms with E-state index >= 15 is 0 Å². The van der Waals surface area contributed by atoms with Gasteiger partial charge in [0, 0.05) is 37.4 Å². The SMILES string of the molecule is Cc1nc2ccccc2n1C1C[C@H]2CC[C@@H](C1)N2CCC1(c2ccccc2)CCN(C(=O)c2cc(Cl)c[nH]c2=O)CC1. The Labute approximate surface area is 251 Å². The van der Waals surface area contributed by atoms with Crippen LogP contribution in [0.25, 0.3) is 11.0 Å². The summed E-state index contributed by atoms with van der Waals surface area (Å²) in [5, 5.41) is 0.364. The number of nitrogens with one attached hydrogen (secondary N) is 1. The zero-order valence-corrected chi connectivity index (χ0v) is 24.9. The first-order chi connectivity index (χ1) is 20.4. The van der Waals surface area contributed by atoms with Crippen molar-refractivity contribution in [3.63, 3.8) is 0 Å². The molecular formula is C34H38ClN5O2. The van der Waals surface area contributed by atoms with Gasteiger partial charge in [-0.3, -0.25) is 14.5 Å². The van der Waals surface area contributed by atoms with Gasteiger partial charge in [0.15, 0.2) is 0 Å². The topological polar surface area (TPSA) is 74.2 Å². The summed E-state index contributed by atoms with van der Waals surface area (Å²) >= 11 is 6.09. The molecule has 218 valence electrons. The van der Waals surface area contributed by atoms with Crippen LogP contribution in [0.1, 0.15) is 72.7 Å². The number of likely N-dealkylation sites (tertiary alicyclic amines) is 1. The number of halogens is 1. The molecule has 3 fully saturated rings. The maximum absolute atomic E-state index is 13.3. The summed E-state index contributed by atoms with van der Waals surface area (Å²) in [6, 6.07) is 22.6. The highest BCUT2D eigenvalue weighted by Crippen LogP contribution is 2.45. The first-order valence-corrected chi connectivity index (χ1v) is 15.7. The molecular weight excluding hydrogens is 546 g/mol. The molecule has 0 saturated carbocycles. The number of carbonyl (C=O) groups excluding carboxylic acids is 1. The molecule has 1 N–H and O–H groups in total. The fourth-order valence-corrected chi connectivity index (χ4v) is 8.35. The number of para-hydroxylation sites is 2. The number of imidazole rings is 1. The predicted molar refractivity (Wildman–Crippen MR) is 166 cm³/mol. The Bertz CT molecular complexity index is 1640. The van der Waals surface area contributed by atoms with Crippen LogP contribution in [0, 0.1) is 6.92 Å². The van der Waals surface area contributed by atoms with Crippen LogP contribution < -0.4 is 5.56 Å². The molecule has 1 unspecified atom stereocenters. The molecule has 3 atom stereocenters. The van der Waals surface area contributed by atoms with Crippen molar-refractivity contribution in [1.82, 2.24) is 24.3 Å². The summed E-state index contributed by atoms with van der Waals surface area (Å²) in [7, 11) is 0. The molecule has 7 nitrogen and oxygen atoms in total. The van der Waals surface area contributed by atoms with Gasteiger partial charge in [-0.15, -0.1) is 0 Å². The van der Waals surface area contributed by atoms with E-state index in [1.807, 2.05) is 4.90 Å². The van der Waals surface area contributed by atoms with E-state index in [9.17, 15) is 9.59 Å². The molecule has 8 heteroatoms. The molecule has 3 saturated heterocycles. The Morgan fingerprint density at radius 3 is 2.43 bits per heavy atom. The highest BCUT2D eigenvalue weighted by atomic mass is 35.5. The lowest BCUT2D eigenvalue weighted by Gasteiger charge is -2.45. The minimum absolute atomic E-state index is 0.00617. The fourth-order valence-electron chi connectivity index (χ4n) is 8.19. The van der Waals surface area contributed by atoms with Crippen LogP contribution >= 0.6 is 11.6 Å². The third-order valence-corrected chi connectivity index (χ3v) is 10.6. The van der Waals surface area contributed by atoms with Crippen molar-refractivity contribution >= 4 is 28.5 Å². The number of pyridine rings is 1. The van der Waals surface area contributed by atoms with Crippen LogP contribution in [-0.4, -0.2) is 62.0 Å². The number of H-pyrrole nitrogens is 1. The van der Waals surface area contributed by atoms with Crippen molar-refractivity contribution < 1.29 is 4.79 Å². The normalized spacial score (nSPS) is 23.9. The van der Waals surface area contributed by atoms with E-state index in [1.54, 1.807) is 0 Å². The number of aromatic amines is 1. The van der Waals surface area contributed by atoms with Crippen molar-refractivity contribution in [2.24, 2.45) is 0 Å². The second-order valence-electron chi connectivity index (χ2n) is 12.5. The molecule has 5 heterocycles. The monoisotopic (exact) mass is 583 g/mol. The van der Waals surface area contributed by atoms with Crippen molar-refractivity contribution in [2.75, 3.05) is 19.6 Å². The maximum Gasteiger partial charge on any atom is 0.260 e. The summed E-state index contributed by atoms with van der Waals surface area (Å²) in [4.78, 5) is 37.7. The Morgan fingerprint density at radius 2 is 1.69 bits per heavy atom. The van der Waals surface area contributed by atoms with Crippen LogP contribution in [0.15, 0.2) is 71.7 Å². The molecule has 3 aliphatic heterocycles. The molecule has 2 aromatic carbocycles. The lowest BCUT2D eigenvalue weighted by molar-refractivity contribution is 0.0605. The maximum atomic E-state index is 13.3. The van der Waals surface area contributed by atoms with Gasteiger partial charge in [0.05, 0.1) is 16.1 Å². The van der Waals surface area contributed by atoms with E-state index in [0.717, 1.165) is 37.1 Å². The summed E-state index contributed by atoms with van der Waals surface area (Å²) in [6.07, 6.45) is 9.14. The molecule has 4 aromatic rings. The minimum Gasteiger partial charge on any atom is -0.338 e. The van der Waals surface area contributed by atoms with E-state index in [-0.39, 0.29) is 22.4 Å². The van der Waals surface area contributed by atoms with Gasteiger partial charge in [-0.2, -0.15) is 0 Å². The third kappa shape index (κ3) is 4.86. The van der Waals surface area contributed by atoms with Crippen molar-refractivity contribution in [2.45, 2.75) is 75.4 Å². The summed E-state index contributed by atoms with van der Waals surface area (Å²) in [5.74, 6) is 0.890. The van der Waals surface area contributed by atoms with Crippen molar-refractivity contribution in [1.29, 1.82) is 0 Å². The zero-order chi connectivity index (χ0) is 28.8. The number of piperidine rings is 2. The second kappa shape index (κ2) is 11.0. The lowest BCUT2D eigenvalue weighted by atomic mass is 9.70. The van der Waals surface area contributed by atoms with Gasteiger partial charge >= 0.3 is 0 Å². The molecule has 0 radical (unpaired) electrons. The third-order valence-electron chi connectivity index (χ3n) is 10.3. The van der Waals surface area contributed by atoms with Crippen LogP contribution in [0.3, 0.4) is 0 Å². The van der Waals surface area contributed by atoms with Gasteiger partial charge in [-0.1, -0.05) is 54.1 Å². The Morgan fingerprint density at radius 1 is 1.00 bits per heavy atom. The molecule has 2 bridgehead atoms.